The van der Waals surface area contributed by atoms with Crippen molar-refractivity contribution in [3.8, 4) is 0 Å². The lowest BCUT2D eigenvalue weighted by molar-refractivity contribution is -0.120. The molecule has 1 aromatic carbocycles. The number of carbonyl (C=O) groups is 1. The van der Waals surface area contributed by atoms with Crippen molar-refractivity contribution in [2.45, 2.75) is 6.04 Å². The van der Waals surface area contributed by atoms with E-state index in [1.807, 2.05) is 4.90 Å². The van der Waals surface area contributed by atoms with Crippen molar-refractivity contribution >= 4 is 17.3 Å². The van der Waals surface area contributed by atoms with Crippen LogP contribution in [-0.2, 0) is 9.53 Å². The summed E-state index contributed by atoms with van der Waals surface area (Å²) in [4.78, 5) is 13.8. The number of benzene rings is 1. The standard InChI is InChI=1S/C13H18FN3O3/c14-9-1-2-12(11(15)5-9)16-13(19)6-17-3-4-20-8-10(17)7-18/h1-2,5,10,18H,3-4,6-8,15H2,(H,16,19). The van der Waals surface area contributed by atoms with Crippen molar-refractivity contribution in [2.24, 2.45) is 0 Å². The molecule has 0 aromatic heterocycles. The minimum absolute atomic E-state index is 0.0635. The molecule has 1 unspecified atom stereocenters. The summed E-state index contributed by atoms with van der Waals surface area (Å²) < 4.78 is 18.2. The molecular formula is C13H18FN3O3. The van der Waals surface area contributed by atoms with Gasteiger partial charge in [-0.25, -0.2) is 4.39 Å². The molecule has 2 rings (SSSR count). The van der Waals surface area contributed by atoms with E-state index in [0.717, 1.165) is 6.07 Å². The summed E-state index contributed by atoms with van der Waals surface area (Å²) in [7, 11) is 0. The molecule has 7 heteroatoms. The molecule has 0 aliphatic carbocycles. The zero-order valence-electron chi connectivity index (χ0n) is 11.0. The first kappa shape index (κ1) is 14.7. The van der Waals surface area contributed by atoms with E-state index in [9.17, 15) is 14.3 Å². The number of aliphatic hydroxyl groups excluding tert-OH is 1. The molecule has 0 spiro atoms. The van der Waals surface area contributed by atoms with Crippen LogP contribution in [0.1, 0.15) is 0 Å². The summed E-state index contributed by atoms with van der Waals surface area (Å²) >= 11 is 0. The van der Waals surface area contributed by atoms with E-state index in [2.05, 4.69) is 5.32 Å². The lowest BCUT2D eigenvalue weighted by Gasteiger charge is -2.33. The molecule has 1 heterocycles. The third-order valence-corrected chi connectivity index (χ3v) is 3.19. The minimum Gasteiger partial charge on any atom is -0.397 e. The van der Waals surface area contributed by atoms with Crippen LogP contribution >= 0.6 is 0 Å². The Morgan fingerprint density at radius 3 is 3.10 bits per heavy atom. The third kappa shape index (κ3) is 3.66. The van der Waals surface area contributed by atoms with Gasteiger partial charge in [0.2, 0.25) is 5.91 Å². The first-order chi connectivity index (χ1) is 9.60. The van der Waals surface area contributed by atoms with Crippen molar-refractivity contribution < 1.29 is 19.0 Å². The molecule has 0 bridgehead atoms. The Bertz CT molecular complexity index is 484. The molecule has 1 aliphatic heterocycles. The van der Waals surface area contributed by atoms with Gasteiger partial charge < -0.3 is 20.9 Å². The van der Waals surface area contributed by atoms with E-state index in [1.54, 1.807) is 0 Å². The summed E-state index contributed by atoms with van der Waals surface area (Å²) in [5.74, 6) is -0.710. The maximum Gasteiger partial charge on any atom is 0.238 e. The van der Waals surface area contributed by atoms with Gasteiger partial charge in [0.1, 0.15) is 5.82 Å². The first-order valence-electron chi connectivity index (χ1n) is 6.37. The van der Waals surface area contributed by atoms with Gasteiger partial charge in [0.25, 0.3) is 0 Å². The van der Waals surface area contributed by atoms with Gasteiger partial charge in [-0.15, -0.1) is 0 Å². The summed E-state index contributed by atoms with van der Waals surface area (Å²) in [6.45, 7) is 1.58. The Morgan fingerprint density at radius 1 is 1.60 bits per heavy atom. The highest BCUT2D eigenvalue weighted by atomic mass is 19.1. The monoisotopic (exact) mass is 283 g/mol. The number of hydrogen-bond acceptors (Lipinski definition) is 5. The molecule has 1 aliphatic rings. The topological polar surface area (TPSA) is 87.8 Å². The number of nitrogens with zero attached hydrogens (tertiary/aromatic N) is 1. The Morgan fingerprint density at radius 2 is 2.40 bits per heavy atom. The molecule has 1 aromatic rings. The molecule has 0 saturated carbocycles. The lowest BCUT2D eigenvalue weighted by Crippen LogP contribution is -2.50. The largest absolute Gasteiger partial charge is 0.397 e. The summed E-state index contributed by atoms with van der Waals surface area (Å²) in [6.07, 6.45) is 0. The number of anilines is 2. The average molecular weight is 283 g/mol. The maximum atomic E-state index is 12.9. The predicted molar refractivity (Wildman–Crippen MR) is 72.7 cm³/mol. The zero-order chi connectivity index (χ0) is 14.5. The molecular weight excluding hydrogens is 265 g/mol. The van der Waals surface area contributed by atoms with Crippen molar-refractivity contribution in [1.82, 2.24) is 4.90 Å². The van der Waals surface area contributed by atoms with E-state index >= 15 is 0 Å². The van der Waals surface area contributed by atoms with Crippen LogP contribution in [0.5, 0.6) is 0 Å². The number of halogens is 1. The zero-order valence-corrected chi connectivity index (χ0v) is 11.0. The van der Waals surface area contributed by atoms with Gasteiger partial charge in [-0.1, -0.05) is 0 Å². The Kier molecular flexibility index (Phi) is 4.89. The Balaban J connectivity index is 1.94. The van der Waals surface area contributed by atoms with E-state index < -0.39 is 5.82 Å². The fourth-order valence-electron chi connectivity index (χ4n) is 2.09. The normalized spacial score (nSPS) is 19.8. The summed E-state index contributed by atoms with van der Waals surface area (Å²) in [5, 5.41) is 11.9. The molecule has 6 nitrogen and oxygen atoms in total. The highest BCUT2D eigenvalue weighted by Gasteiger charge is 2.24. The predicted octanol–water partition coefficient (Wildman–Crippen LogP) is 0.0395. The fourth-order valence-corrected chi connectivity index (χ4v) is 2.09. The average Bonchev–Trinajstić information content (AvgIpc) is 2.42. The molecule has 1 atom stereocenters. The number of nitrogens with two attached hydrogens (primary N) is 1. The van der Waals surface area contributed by atoms with Gasteiger partial charge in [0, 0.05) is 6.54 Å². The third-order valence-electron chi connectivity index (χ3n) is 3.19. The highest BCUT2D eigenvalue weighted by molar-refractivity contribution is 5.95. The number of carbonyl (C=O) groups excluding carboxylic acids is 1. The van der Waals surface area contributed by atoms with Crippen LogP contribution in [0, 0.1) is 5.82 Å². The van der Waals surface area contributed by atoms with Crippen LogP contribution in [0.15, 0.2) is 18.2 Å². The van der Waals surface area contributed by atoms with E-state index in [-0.39, 0.29) is 30.8 Å². The molecule has 20 heavy (non-hydrogen) atoms. The number of morpholine rings is 1. The number of amides is 1. The second-order valence-corrected chi connectivity index (χ2v) is 4.66. The van der Waals surface area contributed by atoms with Crippen LogP contribution < -0.4 is 11.1 Å². The molecule has 1 amide bonds. The Hall–Kier alpha value is -1.70. The van der Waals surface area contributed by atoms with Crippen LogP contribution in [0.3, 0.4) is 0 Å². The van der Waals surface area contributed by atoms with Crippen molar-refractivity contribution in [2.75, 3.05) is 44.0 Å². The second kappa shape index (κ2) is 6.65. The van der Waals surface area contributed by atoms with Crippen molar-refractivity contribution in [3.05, 3.63) is 24.0 Å². The summed E-state index contributed by atoms with van der Waals surface area (Å²) in [5.41, 5.74) is 6.19. The maximum absolute atomic E-state index is 12.9. The van der Waals surface area contributed by atoms with Crippen LogP contribution in [0.25, 0.3) is 0 Å². The van der Waals surface area contributed by atoms with E-state index in [0.29, 0.717) is 25.4 Å². The van der Waals surface area contributed by atoms with Gasteiger partial charge in [-0.3, -0.25) is 9.69 Å². The number of aliphatic hydroxyl groups is 1. The van der Waals surface area contributed by atoms with Crippen LogP contribution in [0.2, 0.25) is 0 Å². The summed E-state index contributed by atoms with van der Waals surface area (Å²) in [6, 6.07) is 3.63. The van der Waals surface area contributed by atoms with E-state index in [1.165, 1.54) is 12.1 Å². The molecule has 0 radical (unpaired) electrons. The molecule has 1 saturated heterocycles. The number of rotatable bonds is 4. The highest BCUT2D eigenvalue weighted by Crippen LogP contribution is 2.19. The number of nitrogens with one attached hydrogen (secondary N) is 1. The van der Waals surface area contributed by atoms with Gasteiger partial charge >= 0.3 is 0 Å². The minimum atomic E-state index is -0.450. The molecule has 110 valence electrons. The van der Waals surface area contributed by atoms with Crippen molar-refractivity contribution in [3.63, 3.8) is 0 Å². The van der Waals surface area contributed by atoms with Crippen molar-refractivity contribution in [1.29, 1.82) is 0 Å². The quantitative estimate of drug-likeness (QED) is 0.679. The van der Waals surface area contributed by atoms with Gasteiger partial charge in [-0.05, 0) is 18.2 Å². The SMILES string of the molecule is Nc1cc(F)ccc1NC(=O)CN1CCOCC1CO. The van der Waals surface area contributed by atoms with Gasteiger partial charge in [-0.2, -0.15) is 0 Å². The Labute approximate surface area is 116 Å². The molecule has 4 N–H and O–H groups in total. The number of nitrogen functional groups attached to an aromatic ring is 1. The number of ether oxygens (including phenoxy) is 1. The lowest BCUT2D eigenvalue weighted by atomic mass is 10.2. The van der Waals surface area contributed by atoms with Gasteiger partial charge in [0.05, 0.1) is 43.8 Å². The smallest absolute Gasteiger partial charge is 0.238 e. The number of hydrogen-bond donors (Lipinski definition) is 3. The van der Waals surface area contributed by atoms with E-state index in [4.69, 9.17) is 10.5 Å². The van der Waals surface area contributed by atoms with Crippen LogP contribution in [-0.4, -0.2) is 54.9 Å². The molecule has 1 fully saturated rings. The second-order valence-electron chi connectivity index (χ2n) is 4.66. The first-order valence-corrected chi connectivity index (χ1v) is 6.37. The fraction of sp³-hybridized carbons (Fsp3) is 0.462. The van der Waals surface area contributed by atoms with Crippen LogP contribution in [0.4, 0.5) is 15.8 Å². The van der Waals surface area contributed by atoms with Gasteiger partial charge in [0.15, 0.2) is 0 Å².